The molecule has 0 unspecified atom stereocenters. The summed E-state index contributed by atoms with van der Waals surface area (Å²) < 4.78 is 0. The molecule has 3 fully saturated rings. The normalized spacial score (nSPS) is 24.0. The molecule has 1 nitrogen and oxygen atoms in total. The van der Waals surface area contributed by atoms with Crippen molar-refractivity contribution in [1.29, 1.82) is 0 Å². The Hall–Kier alpha value is -1.31. The van der Waals surface area contributed by atoms with E-state index in [1.807, 2.05) is 0 Å². The van der Waals surface area contributed by atoms with Crippen molar-refractivity contribution >= 4 is 12.4 Å². The molecular weight excluding hydrogens is 290 g/mol. The Kier molecular flexibility index (Phi) is 4.85. The van der Waals surface area contributed by atoms with Crippen LogP contribution in [0.4, 0.5) is 0 Å². The third-order valence-electron chi connectivity index (χ3n) is 4.82. The van der Waals surface area contributed by atoms with Crippen molar-refractivity contribution in [3.63, 3.8) is 0 Å². The third-order valence-corrected chi connectivity index (χ3v) is 4.82. The Balaban J connectivity index is 0.00000144. The van der Waals surface area contributed by atoms with E-state index >= 15 is 0 Å². The molecule has 3 aliphatic rings. The number of nitrogens with zero attached hydrogens (tertiary/aromatic N) is 1. The van der Waals surface area contributed by atoms with Gasteiger partial charge in [0.05, 0.1) is 0 Å². The monoisotopic (exact) mass is 311 g/mol. The number of piperidine rings is 3. The lowest BCUT2D eigenvalue weighted by Crippen LogP contribution is -2.45. The summed E-state index contributed by atoms with van der Waals surface area (Å²) >= 11 is 0. The first-order valence-electron chi connectivity index (χ1n) is 7.98. The highest BCUT2D eigenvalue weighted by molar-refractivity contribution is 5.85. The largest absolute Gasteiger partial charge is 0.295 e. The topological polar surface area (TPSA) is 3.24 Å². The van der Waals surface area contributed by atoms with Gasteiger partial charge in [0.2, 0.25) is 0 Å². The molecule has 0 saturated carbocycles. The van der Waals surface area contributed by atoms with Gasteiger partial charge in [-0.05, 0) is 61.4 Å². The standard InChI is InChI=1S/C20H21N.ClH/c1-2-4-18(5-3-1)19-8-6-16(7-9-19)14-20-15-17-10-12-21(20)13-11-17;/h1-9,15,17H,10-14H2;1H. The van der Waals surface area contributed by atoms with Gasteiger partial charge >= 0.3 is 0 Å². The molecule has 114 valence electrons. The van der Waals surface area contributed by atoms with Gasteiger partial charge in [-0.15, -0.1) is 12.4 Å². The van der Waals surface area contributed by atoms with Crippen LogP contribution in [0.15, 0.2) is 54.6 Å². The van der Waals surface area contributed by atoms with Gasteiger partial charge in [-0.25, -0.2) is 0 Å². The zero-order chi connectivity index (χ0) is 14.1. The summed E-state index contributed by atoms with van der Waals surface area (Å²) in [4.78, 5) is 2.57. The molecule has 3 aliphatic heterocycles. The maximum absolute atomic E-state index is 2.57. The maximum atomic E-state index is 2.57. The van der Waals surface area contributed by atoms with Gasteiger partial charge in [-0.2, -0.15) is 0 Å². The van der Waals surface area contributed by atoms with E-state index < -0.39 is 0 Å². The fraction of sp³-hybridized carbons (Fsp3) is 0.300. The summed E-state index contributed by atoms with van der Waals surface area (Å²) in [6, 6.07) is 21.2. The van der Waals surface area contributed by atoms with Gasteiger partial charge in [0.1, 0.15) is 0 Å². The zero-order valence-corrected chi connectivity index (χ0v) is 13.6. The first-order chi connectivity index (χ1) is 10.4. The summed E-state index contributed by atoms with van der Waals surface area (Å²) in [6.07, 6.45) is 6.32. The second kappa shape index (κ2) is 6.85. The Morgan fingerprint density at radius 1 is 0.818 bits per heavy atom. The van der Waals surface area contributed by atoms with Crippen molar-refractivity contribution in [2.24, 2.45) is 5.92 Å². The van der Waals surface area contributed by atoms with Crippen LogP contribution in [0.3, 0.4) is 0 Å². The number of rotatable bonds is 3. The third kappa shape index (κ3) is 3.21. The summed E-state index contributed by atoms with van der Waals surface area (Å²) in [5.41, 5.74) is 4.02. The second-order valence-corrected chi connectivity index (χ2v) is 6.22. The molecule has 5 rings (SSSR count). The van der Waals surface area contributed by atoms with Gasteiger partial charge in [0.15, 0.2) is 0 Å². The Bertz CT molecular complexity index is 585. The molecule has 3 saturated heterocycles. The predicted molar refractivity (Wildman–Crippen MR) is 94.7 cm³/mol. The number of hydrogen-bond acceptors (Lipinski definition) is 1. The van der Waals surface area contributed by atoms with Gasteiger partial charge in [0.25, 0.3) is 0 Å². The molecule has 3 heterocycles. The number of hydrogen-bond donors (Lipinski definition) is 0. The molecule has 2 bridgehead atoms. The van der Waals surface area contributed by atoms with Crippen molar-refractivity contribution in [3.05, 3.63) is 72.6 Å². The second-order valence-electron chi connectivity index (χ2n) is 6.22. The van der Waals surface area contributed by atoms with E-state index in [-0.39, 0.29) is 12.4 Å². The van der Waals surface area contributed by atoms with Crippen LogP contribution in [0.25, 0.3) is 11.1 Å². The van der Waals surface area contributed by atoms with Gasteiger partial charge in [0, 0.05) is 6.04 Å². The van der Waals surface area contributed by atoms with Crippen LogP contribution in [0.1, 0.15) is 18.4 Å². The first-order valence-corrected chi connectivity index (χ1v) is 7.98. The van der Waals surface area contributed by atoms with Crippen molar-refractivity contribution in [2.75, 3.05) is 13.1 Å². The number of benzene rings is 2. The van der Waals surface area contributed by atoms with Crippen LogP contribution in [0.2, 0.25) is 0 Å². The quantitative estimate of drug-likeness (QED) is 0.788. The highest BCUT2D eigenvalue weighted by atomic mass is 35.5. The average molecular weight is 312 g/mol. The van der Waals surface area contributed by atoms with Crippen molar-refractivity contribution in [1.82, 2.24) is 4.90 Å². The maximum Gasteiger partial charge on any atom is 0.0473 e. The molecule has 0 spiro atoms. The minimum Gasteiger partial charge on any atom is -0.295 e. The van der Waals surface area contributed by atoms with Crippen LogP contribution in [0.5, 0.6) is 0 Å². The molecule has 22 heavy (non-hydrogen) atoms. The smallest absolute Gasteiger partial charge is 0.0473 e. The fourth-order valence-electron chi connectivity index (χ4n) is 3.56. The fourth-order valence-corrected chi connectivity index (χ4v) is 3.56. The van der Waals surface area contributed by atoms with Crippen LogP contribution >= 0.6 is 12.4 Å². The predicted octanol–water partition coefficient (Wildman–Crippen LogP) is 4.78. The Morgan fingerprint density at radius 3 is 2.05 bits per heavy atom. The highest BCUT2D eigenvalue weighted by Crippen LogP contribution is 2.37. The molecule has 2 aromatic carbocycles. The molecular formula is C20H22ClN. The number of fused-ring (bicyclic) bond motifs is 3. The molecule has 0 N–H and O–H groups in total. The average Bonchev–Trinajstić information content (AvgIpc) is 2.57. The van der Waals surface area contributed by atoms with Gasteiger partial charge < -0.3 is 0 Å². The molecule has 0 amide bonds. The van der Waals surface area contributed by atoms with Crippen LogP contribution < -0.4 is 0 Å². The zero-order valence-electron chi connectivity index (χ0n) is 12.7. The highest BCUT2D eigenvalue weighted by Gasteiger charge is 2.34. The van der Waals surface area contributed by atoms with Gasteiger partial charge in [-0.3, -0.25) is 4.90 Å². The van der Waals surface area contributed by atoms with Crippen LogP contribution in [-0.2, 0) is 6.42 Å². The van der Waals surface area contributed by atoms with Crippen molar-refractivity contribution < 1.29 is 0 Å². The lowest BCUT2D eigenvalue weighted by Gasteiger charge is -2.44. The van der Waals surface area contributed by atoms with Crippen molar-refractivity contribution in [2.45, 2.75) is 19.3 Å². The molecule has 0 atom stereocenters. The van der Waals surface area contributed by atoms with E-state index in [4.69, 9.17) is 0 Å². The van der Waals surface area contributed by atoms with Crippen LogP contribution in [0, 0.1) is 18.4 Å². The van der Waals surface area contributed by atoms with E-state index in [1.165, 1.54) is 42.6 Å². The Morgan fingerprint density at radius 2 is 1.45 bits per heavy atom. The van der Waals surface area contributed by atoms with Crippen molar-refractivity contribution in [3.8, 4) is 11.1 Å². The van der Waals surface area contributed by atoms with E-state index in [2.05, 4.69) is 65.9 Å². The lowest BCUT2D eigenvalue weighted by atomic mass is 9.81. The Labute approximate surface area is 139 Å². The minimum atomic E-state index is 0. The van der Waals surface area contributed by atoms with Gasteiger partial charge in [-0.1, -0.05) is 54.6 Å². The lowest BCUT2D eigenvalue weighted by molar-refractivity contribution is 0.156. The SMILES string of the molecule is Cl.[CH]1[C](Cc2ccc(-c3ccccc3)cc2)N2CCC1CC2. The number of halogens is 1. The minimum absolute atomic E-state index is 0. The van der Waals surface area contributed by atoms with Crippen LogP contribution in [-0.4, -0.2) is 18.0 Å². The van der Waals surface area contributed by atoms with E-state index in [9.17, 15) is 0 Å². The molecule has 0 aliphatic carbocycles. The first kappa shape index (κ1) is 15.6. The van der Waals surface area contributed by atoms with E-state index in [0.29, 0.717) is 0 Å². The molecule has 2 radical (unpaired) electrons. The summed E-state index contributed by atoms with van der Waals surface area (Å²) in [6.45, 7) is 2.52. The van der Waals surface area contributed by atoms with E-state index in [0.717, 1.165) is 12.3 Å². The molecule has 2 heteroatoms. The summed E-state index contributed by atoms with van der Waals surface area (Å²) in [5.74, 6) is 0.841. The summed E-state index contributed by atoms with van der Waals surface area (Å²) in [7, 11) is 0. The van der Waals surface area contributed by atoms with E-state index in [1.54, 1.807) is 6.04 Å². The molecule has 2 aromatic rings. The summed E-state index contributed by atoms with van der Waals surface area (Å²) in [5, 5.41) is 0. The molecule has 0 aromatic heterocycles.